The van der Waals surface area contributed by atoms with E-state index in [1.165, 1.54) is 22.3 Å². The van der Waals surface area contributed by atoms with Crippen LogP contribution in [0.5, 0.6) is 0 Å². The van der Waals surface area contributed by atoms with Crippen LogP contribution in [0, 0.1) is 5.38 Å². The standard InChI is InChI=1S/C14H11S.Hf/c1-2-6-11(5-1)13-9-15-10-14(13)12-7-3-4-8-12;/h1-5,7,9H,6,8H2;/q-1;. The fraction of sp³-hybridized carbons (Fsp3) is 0.143. The van der Waals surface area contributed by atoms with Crippen LogP contribution in [0.3, 0.4) is 0 Å². The Morgan fingerprint density at radius 1 is 1.00 bits per heavy atom. The van der Waals surface area contributed by atoms with Crippen LogP contribution in [-0.4, -0.2) is 0 Å². The van der Waals surface area contributed by atoms with Crippen molar-refractivity contribution in [2.45, 2.75) is 12.8 Å². The van der Waals surface area contributed by atoms with Gasteiger partial charge < -0.3 is 0 Å². The van der Waals surface area contributed by atoms with E-state index in [0.29, 0.717) is 0 Å². The Morgan fingerprint density at radius 3 is 2.31 bits per heavy atom. The first-order valence-electron chi connectivity index (χ1n) is 5.16. The molecule has 0 spiro atoms. The summed E-state index contributed by atoms with van der Waals surface area (Å²) in [5, 5.41) is 5.60. The second-order valence-electron chi connectivity index (χ2n) is 3.77. The van der Waals surface area contributed by atoms with Gasteiger partial charge in [-0.3, -0.25) is 11.3 Å². The minimum absolute atomic E-state index is 0. The van der Waals surface area contributed by atoms with Crippen LogP contribution in [0.25, 0.3) is 11.1 Å². The molecule has 0 radical (unpaired) electrons. The van der Waals surface area contributed by atoms with E-state index in [4.69, 9.17) is 0 Å². The van der Waals surface area contributed by atoms with E-state index in [-0.39, 0.29) is 25.8 Å². The monoisotopic (exact) mass is 391 g/mol. The summed E-state index contributed by atoms with van der Waals surface area (Å²) in [5.41, 5.74) is 5.51. The zero-order valence-electron chi connectivity index (χ0n) is 8.86. The van der Waals surface area contributed by atoms with Crippen LogP contribution in [0.4, 0.5) is 0 Å². The van der Waals surface area contributed by atoms with Crippen molar-refractivity contribution in [3.8, 4) is 0 Å². The number of thiophene rings is 1. The predicted octanol–water partition coefficient (Wildman–Crippen LogP) is 4.23. The van der Waals surface area contributed by atoms with Gasteiger partial charge in [0.15, 0.2) is 0 Å². The maximum Gasteiger partial charge on any atom is 0 e. The Hall–Kier alpha value is -0.470. The van der Waals surface area contributed by atoms with Crippen LogP contribution in [0.1, 0.15) is 24.0 Å². The van der Waals surface area contributed by atoms with Gasteiger partial charge in [-0.25, -0.2) is 0 Å². The molecule has 0 N–H and O–H groups in total. The molecule has 0 aliphatic heterocycles. The summed E-state index contributed by atoms with van der Waals surface area (Å²) < 4.78 is 0. The Morgan fingerprint density at radius 2 is 1.69 bits per heavy atom. The molecule has 0 saturated carbocycles. The van der Waals surface area contributed by atoms with Gasteiger partial charge in [-0.2, -0.15) is 0 Å². The van der Waals surface area contributed by atoms with Gasteiger partial charge in [-0.15, -0.1) is 28.2 Å². The molecule has 0 saturated heterocycles. The summed E-state index contributed by atoms with van der Waals surface area (Å²) in [4.78, 5) is 0. The Kier molecular flexibility index (Phi) is 3.93. The van der Waals surface area contributed by atoms with Crippen LogP contribution in [0.15, 0.2) is 41.8 Å². The third-order valence-corrected chi connectivity index (χ3v) is 3.49. The molecule has 3 rings (SSSR count). The average molecular weight is 390 g/mol. The summed E-state index contributed by atoms with van der Waals surface area (Å²) in [6.45, 7) is 0. The van der Waals surface area contributed by atoms with Gasteiger partial charge in [-0.05, 0) is 12.8 Å². The first-order valence-corrected chi connectivity index (χ1v) is 6.04. The molecular weight excluding hydrogens is 379 g/mol. The molecule has 0 unspecified atom stereocenters. The molecule has 2 heteroatoms. The van der Waals surface area contributed by atoms with Crippen molar-refractivity contribution in [2.24, 2.45) is 0 Å². The normalized spacial score (nSPS) is 17.2. The van der Waals surface area contributed by atoms with Crippen LogP contribution >= 0.6 is 11.3 Å². The minimum Gasteiger partial charge on any atom is -0.264 e. The molecule has 1 aromatic heterocycles. The van der Waals surface area contributed by atoms with Crippen LogP contribution in [-0.2, 0) is 25.8 Å². The Labute approximate surface area is 119 Å². The molecule has 0 fully saturated rings. The first-order chi connectivity index (χ1) is 7.45. The molecule has 0 bridgehead atoms. The maximum absolute atomic E-state index is 3.39. The molecule has 0 atom stereocenters. The van der Waals surface area contributed by atoms with Crippen molar-refractivity contribution in [2.75, 3.05) is 0 Å². The van der Waals surface area contributed by atoms with E-state index < -0.39 is 0 Å². The van der Waals surface area contributed by atoms with Crippen LogP contribution in [0.2, 0.25) is 0 Å². The summed E-state index contributed by atoms with van der Waals surface area (Å²) in [6.07, 6.45) is 15.2. The molecule has 2 aliphatic rings. The molecular formula is C14H11HfS-. The molecule has 16 heavy (non-hydrogen) atoms. The van der Waals surface area contributed by atoms with Gasteiger partial charge in [0.1, 0.15) is 0 Å². The van der Waals surface area contributed by atoms with Gasteiger partial charge in [0.2, 0.25) is 0 Å². The summed E-state index contributed by atoms with van der Waals surface area (Å²) in [5.74, 6) is 0. The van der Waals surface area contributed by atoms with E-state index in [1.54, 1.807) is 11.3 Å². The maximum atomic E-state index is 3.39. The molecule has 1 heterocycles. The van der Waals surface area contributed by atoms with Gasteiger partial charge in [0.05, 0.1) is 0 Å². The largest absolute Gasteiger partial charge is 0.264 e. The van der Waals surface area contributed by atoms with Gasteiger partial charge in [0.25, 0.3) is 0 Å². The Balaban J connectivity index is 0.000000963. The van der Waals surface area contributed by atoms with Gasteiger partial charge in [-0.1, -0.05) is 41.3 Å². The number of rotatable bonds is 2. The fourth-order valence-corrected chi connectivity index (χ4v) is 2.82. The van der Waals surface area contributed by atoms with E-state index in [1.807, 2.05) is 0 Å². The van der Waals surface area contributed by atoms with Crippen LogP contribution < -0.4 is 0 Å². The van der Waals surface area contributed by atoms with Crippen molar-refractivity contribution in [3.05, 3.63) is 58.3 Å². The average Bonchev–Trinajstić information content (AvgIpc) is 3.01. The van der Waals surface area contributed by atoms with E-state index >= 15 is 0 Å². The Bertz CT molecular complexity index is 456. The van der Waals surface area contributed by atoms with Gasteiger partial charge in [0, 0.05) is 25.8 Å². The van der Waals surface area contributed by atoms with E-state index in [9.17, 15) is 0 Å². The minimum atomic E-state index is 0. The van der Waals surface area contributed by atoms with Crippen molar-refractivity contribution in [1.82, 2.24) is 0 Å². The SMILES string of the molecule is [Hf].[c-]1scc(C2=CC=CC2)c1C1=CC=CC1. The van der Waals surface area contributed by atoms with E-state index in [0.717, 1.165) is 12.8 Å². The third kappa shape index (κ3) is 2.14. The van der Waals surface area contributed by atoms with E-state index in [2.05, 4.69) is 47.2 Å². The quantitative estimate of drug-likeness (QED) is 0.524. The second-order valence-corrected chi connectivity index (χ2v) is 4.45. The molecule has 0 nitrogen and oxygen atoms in total. The molecule has 78 valence electrons. The number of hydrogen-bond donors (Lipinski definition) is 0. The molecule has 1 aromatic rings. The molecule has 0 amide bonds. The van der Waals surface area contributed by atoms with Crippen molar-refractivity contribution in [1.29, 1.82) is 0 Å². The molecule has 0 aromatic carbocycles. The zero-order chi connectivity index (χ0) is 10.1. The topological polar surface area (TPSA) is 0 Å². The number of allylic oxidation sites excluding steroid dienone is 8. The van der Waals surface area contributed by atoms with Crippen molar-refractivity contribution < 1.29 is 25.8 Å². The summed E-state index contributed by atoms with van der Waals surface area (Å²) in [7, 11) is 0. The summed E-state index contributed by atoms with van der Waals surface area (Å²) >= 11 is 1.68. The first kappa shape index (κ1) is 12.0. The smallest absolute Gasteiger partial charge is 0 e. The van der Waals surface area contributed by atoms with Crippen molar-refractivity contribution in [3.63, 3.8) is 0 Å². The van der Waals surface area contributed by atoms with Crippen molar-refractivity contribution >= 4 is 22.5 Å². The second kappa shape index (κ2) is 5.24. The molecule has 2 aliphatic carbocycles. The van der Waals surface area contributed by atoms with Gasteiger partial charge >= 0.3 is 0 Å². The number of hydrogen-bond acceptors (Lipinski definition) is 1. The predicted molar refractivity (Wildman–Crippen MR) is 66.6 cm³/mol. The fourth-order valence-electron chi connectivity index (χ4n) is 2.02. The zero-order valence-corrected chi connectivity index (χ0v) is 13.3. The third-order valence-electron chi connectivity index (χ3n) is 2.82. The summed E-state index contributed by atoms with van der Waals surface area (Å²) in [6, 6.07) is 0.